The van der Waals surface area contributed by atoms with E-state index >= 15 is 0 Å². The molecule has 0 heterocycles. The molecule has 0 aliphatic heterocycles. The molecule has 158 valence electrons. The minimum absolute atomic E-state index is 0.200. The van der Waals surface area contributed by atoms with Gasteiger partial charge in [0.05, 0.1) is 11.9 Å². The minimum Gasteiger partial charge on any atom is -0.406 e. The molecular formula is C19H21F3N2O4S. The predicted octanol–water partition coefficient (Wildman–Crippen LogP) is 3.94. The van der Waals surface area contributed by atoms with Crippen LogP contribution in [0, 0.1) is 0 Å². The highest BCUT2D eigenvalue weighted by atomic mass is 32.2. The van der Waals surface area contributed by atoms with Crippen molar-refractivity contribution < 1.29 is 31.1 Å². The molecule has 0 saturated heterocycles. The standard InChI is InChI=1S/C19H21F3N2O4S/c1-4-14-5-9-16(10-6-14)24(29(3,26)27)13(2)18(25)23-15-7-11-17(12-8-15)28-19(20,21)22/h5-13H,4H2,1-3H3,(H,23,25)/t13-/m0/s1. The summed E-state index contributed by atoms with van der Waals surface area (Å²) in [5.74, 6) is -1.07. The molecule has 1 atom stereocenters. The Hall–Kier alpha value is -2.75. The van der Waals surface area contributed by atoms with Crippen molar-refractivity contribution in [1.82, 2.24) is 0 Å². The van der Waals surface area contributed by atoms with Crippen LogP contribution in [-0.2, 0) is 21.2 Å². The Balaban J connectivity index is 2.18. The average molecular weight is 430 g/mol. The largest absolute Gasteiger partial charge is 0.573 e. The molecule has 0 fully saturated rings. The van der Waals surface area contributed by atoms with E-state index in [2.05, 4.69) is 10.1 Å². The van der Waals surface area contributed by atoms with Crippen molar-refractivity contribution in [2.45, 2.75) is 32.7 Å². The van der Waals surface area contributed by atoms with Crippen LogP contribution in [-0.4, -0.2) is 33.0 Å². The number of anilines is 2. The molecule has 0 saturated carbocycles. The van der Waals surface area contributed by atoms with Crippen LogP contribution in [0.5, 0.6) is 5.75 Å². The first kappa shape index (κ1) is 22.5. The van der Waals surface area contributed by atoms with Crippen molar-refractivity contribution in [3.05, 3.63) is 54.1 Å². The number of hydrogen-bond donors (Lipinski definition) is 1. The molecular weight excluding hydrogens is 409 g/mol. The predicted molar refractivity (Wildman–Crippen MR) is 104 cm³/mol. The number of nitrogens with one attached hydrogen (secondary N) is 1. The van der Waals surface area contributed by atoms with Gasteiger partial charge in [-0.25, -0.2) is 8.42 Å². The van der Waals surface area contributed by atoms with E-state index in [1.165, 1.54) is 19.1 Å². The molecule has 1 amide bonds. The Kier molecular flexibility index (Phi) is 6.78. The zero-order chi connectivity index (χ0) is 21.8. The summed E-state index contributed by atoms with van der Waals surface area (Å²) in [5, 5.41) is 2.49. The summed E-state index contributed by atoms with van der Waals surface area (Å²) < 4.78 is 66.0. The second-order valence-corrected chi connectivity index (χ2v) is 8.18. The number of nitrogens with zero attached hydrogens (tertiary/aromatic N) is 1. The van der Waals surface area contributed by atoms with Gasteiger partial charge in [0.15, 0.2) is 0 Å². The lowest BCUT2D eigenvalue weighted by molar-refractivity contribution is -0.274. The van der Waals surface area contributed by atoms with Gasteiger partial charge in [0.2, 0.25) is 15.9 Å². The lowest BCUT2D eigenvalue weighted by Crippen LogP contribution is -2.45. The van der Waals surface area contributed by atoms with E-state index in [9.17, 15) is 26.4 Å². The Morgan fingerprint density at radius 2 is 1.66 bits per heavy atom. The number of benzene rings is 2. The van der Waals surface area contributed by atoms with Crippen molar-refractivity contribution in [3.63, 3.8) is 0 Å². The fraction of sp³-hybridized carbons (Fsp3) is 0.316. The molecule has 0 bridgehead atoms. The molecule has 2 aromatic rings. The number of carbonyl (C=O) groups is 1. The fourth-order valence-corrected chi connectivity index (χ4v) is 3.85. The highest BCUT2D eigenvalue weighted by Crippen LogP contribution is 2.25. The number of alkyl halides is 3. The molecule has 0 unspecified atom stereocenters. The van der Waals surface area contributed by atoms with Crippen molar-refractivity contribution in [2.75, 3.05) is 15.9 Å². The molecule has 1 N–H and O–H groups in total. The summed E-state index contributed by atoms with van der Waals surface area (Å²) >= 11 is 0. The van der Waals surface area contributed by atoms with Gasteiger partial charge in [-0.05, 0) is 55.3 Å². The number of aryl methyl sites for hydroxylation is 1. The number of carbonyl (C=O) groups excluding carboxylic acids is 1. The third-order valence-electron chi connectivity index (χ3n) is 4.04. The van der Waals surface area contributed by atoms with Crippen LogP contribution in [0.3, 0.4) is 0 Å². The van der Waals surface area contributed by atoms with E-state index in [0.29, 0.717) is 5.69 Å². The van der Waals surface area contributed by atoms with E-state index in [1.807, 2.05) is 6.92 Å². The monoisotopic (exact) mass is 430 g/mol. The van der Waals surface area contributed by atoms with Crippen LogP contribution < -0.4 is 14.4 Å². The van der Waals surface area contributed by atoms with E-state index in [-0.39, 0.29) is 5.69 Å². The molecule has 0 spiro atoms. The van der Waals surface area contributed by atoms with Gasteiger partial charge in [0.25, 0.3) is 0 Å². The van der Waals surface area contributed by atoms with Crippen LogP contribution in [0.2, 0.25) is 0 Å². The highest BCUT2D eigenvalue weighted by molar-refractivity contribution is 7.92. The molecule has 0 aromatic heterocycles. The number of rotatable bonds is 7. The number of halogens is 3. The maximum atomic E-state index is 12.6. The second-order valence-electron chi connectivity index (χ2n) is 6.32. The smallest absolute Gasteiger partial charge is 0.406 e. The van der Waals surface area contributed by atoms with Gasteiger partial charge in [-0.3, -0.25) is 9.10 Å². The lowest BCUT2D eigenvalue weighted by Gasteiger charge is -2.28. The zero-order valence-electron chi connectivity index (χ0n) is 16.0. The van der Waals surface area contributed by atoms with Crippen molar-refractivity contribution >= 4 is 27.3 Å². The van der Waals surface area contributed by atoms with Crippen LogP contribution >= 0.6 is 0 Å². The maximum absolute atomic E-state index is 12.6. The highest BCUT2D eigenvalue weighted by Gasteiger charge is 2.31. The Bertz CT molecular complexity index is 943. The molecule has 0 aliphatic rings. The Morgan fingerprint density at radius 1 is 1.10 bits per heavy atom. The van der Waals surface area contributed by atoms with E-state index in [0.717, 1.165) is 34.7 Å². The van der Waals surface area contributed by atoms with Crippen molar-refractivity contribution in [3.8, 4) is 5.75 Å². The van der Waals surface area contributed by atoms with E-state index in [4.69, 9.17) is 0 Å². The molecule has 10 heteroatoms. The van der Waals surface area contributed by atoms with Crippen molar-refractivity contribution in [2.24, 2.45) is 0 Å². The van der Waals surface area contributed by atoms with Crippen LogP contribution in [0.15, 0.2) is 48.5 Å². The van der Waals surface area contributed by atoms with Crippen LogP contribution in [0.1, 0.15) is 19.4 Å². The van der Waals surface area contributed by atoms with Gasteiger partial charge in [-0.1, -0.05) is 19.1 Å². The first-order valence-corrected chi connectivity index (χ1v) is 10.5. The van der Waals surface area contributed by atoms with Gasteiger partial charge >= 0.3 is 6.36 Å². The summed E-state index contributed by atoms with van der Waals surface area (Å²) in [7, 11) is -3.77. The first-order chi connectivity index (χ1) is 13.4. The first-order valence-electron chi connectivity index (χ1n) is 8.65. The van der Waals surface area contributed by atoms with Gasteiger partial charge in [0.1, 0.15) is 11.8 Å². The molecule has 0 aliphatic carbocycles. The quantitative estimate of drug-likeness (QED) is 0.722. The number of amides is 1. The SMILES string of the molecule is CCc1ccc(N([C@@H](C)C(=O)Nc2ccc(OC(F)(F)F)cc2)S(C)(=O)=O)cc1. The maximum Gasteiger partial charge on any atom is 0.573 e. The molecule has 2 aromatic carbocycles. The topological polar surface area (TPSA) is 75.7 Å². The van der Waals surface area contributed by atoms with Gasteiger partial charge < -0.3 is 10.1 Å². The zero-order valence-corrected chi connectivity index (χ0v) is 16.8. The van der Waals surface area contributed by atoms with Crippen molar-refractivity contribution in [1.29, 1.82) is 0 Å². The van der Waals surface area contributed by atoms with Crippen LogP contribution in [0.25, 0.3) is 0 Å². The molecule has 29 heavy (non-hydrogen) atoms. The lowest BCUT2D eigenvalue weighted by atomic mass is 10.1. The average Bonchev–Trinajstić information content (AvgIpc) is 2.61. The summed E-state index contributed by atoms with van der Waals surface area (Å²) in [6, 6.07) is 10.2. The second kappa shape index (κ2) is 8.73. The fourth-order valence-electron chi connectivity index (χ4n) is 2.67. The summed E-state index contributed by atoms with van der Waals surface area (Å²) in [4.78, 5) is 12.6. The van der Waals surface area contributed by atoms with Gasteiger partial charge in [-0.15, -0.1) is 13.2 Å². The Labute approximate surface area is 167 Å². The third kappa shape index (κ3) is 6.38. The summed E-state index contributed by atoms with van der Waals surface area (Å²) in [6.45, 7) is 3.38. The van der Waals surface area contributed by atoms with E-state index in [1.54, 1.807) is 24.3 Å². The normalized spacial score (nSPS) is 12.9. The summed E-state index contributed by atoms with van der Waals surface area (Å²) in [5.41, 5.74) is 1.55. The molecule has 2 rings (SSSR count). The number of ether oxygens (including phenoxy) is 1. The van der Waals surface area contributed by atoms with Gasteiger partial charge in [0, 0.05) is 5.69 Å². The van der Waals surface area contributed by atoms with Crippen LogP contribution in [0.4, 0.5) is 24.5 Å². The minimum atomic E-state index is -4.82. The summed E-state index contributed by atoms with van der Waals surface area (Å²) in [6.07, 6.45) is -3.04. The molecule has 6 nitrogen and oxygen atoms in total. The number of sulfonamides is 1. The van der Waals surface area contributed by atoms with E-state index < -0.39 is 34.1 Å². The number of hydrogen-bond acceptors (Lipinski definition) is 4. The van der Waals surface area contributed by atoms with Gasteiger partial charge in [-0.2, -0.15) is 0 Å². The molecule has 0 radical (unpaired) electrons. The Morgan fingerprint density at radius 3 is 2.10 bits per heavy atom. The third-order valence-corrected chi connectivity index (χ3v) is 5.28.